The van der Waals surface area contributed by atoms with Crippen molar-refractivity contribution in [2.45, 2.75) is 31.7 Å². The highest BCUT2D eigenvalue weighted by Gasteiger charge is 2.27. The number of carbonyl (C=O) groups is 2. The van der Waals surface area contributed by atoms with Crippen LogP contribution >= 0.6 is 24.0 Å². The van der Waals surface area contributed by atoms with Crippen LogP contribution in [0, 0.1) is 0 Å². The minimum Gasteiger partial charge on any atom is -0.459 e. The topological polar surface area (TPSA) is 81.4 Å². The number of carbonyl (C=O) groups excluding carboxylic acids is 2. The Bertz CT molecular complexity index is 663. The molecule has 2 aliphatic rings. The zero-order chi connectivity index (χ0) is 19.2. The van der Waals surface area contributed by atoms with Crippen molar-refractivity contribution < 1.29 is 14.0 Å². The zero-order valence-corrected chi connectivity index (χ0v) is 18.9. The third-order valence-corrected chi connectivity index (χ3v) is 5.15. The molecule has 0 bridgehead atoms. The van der Waals surface area contributed by atoms with E-state index in [0.717, 1.165) is 18.8 Å². The number of rotatable bonds is 4. The predicted octanol–water partition coefficient (Wildman–Crippen LogP) is 1.63. The number of amides is 2. The molecule has 3 rings (SSSR count). The van der Waals surface area contributed by atoms with Crippen LogP contribution in [0.4, 0.5) is 0 Å². The van der Waals surface area contributed by atoms with Gasteiger partial charge in [0.05, 0.1) is 6.26 Å². The SMILES string of the molecule is CN(C)C(=O)CN=C(NC1CCCC1)N1CCN(C(=O)c2ccco2)CC1.I. The van der Waals surface area contributed by atoms with E-state index in [4.69, 9.17) is 4.42 Å². The predicted molar refractivity (Wildman–Crippen MR) is 118 cm³/mol. The van der Waals surface area contributed by atoms with Crippen LogP contribution in [0.2, 0.25) is 0 Å². The van der Waals surface area contributed by atoms with Crippen molar-refractivity contribution in [1.82, 2.24) is 20.0 Å². The minimum absolute atomic E-state index is 0. The second-order valence-corrected chi connectivity index (χ2v) is 7.31. The molecule has 1 aliphatic carbocycles. The van der Waals surface area contributed by atoms with Gasteiger partial charge in [0.15, 0.2) is 11.7 Å². The molecule has 0 aromatic carbocycles. The molecule has 2 amide bonds. The van der Waals surface area contributed by atoms with Crippen LogP contribution in [0.15, 0.2) is 27.8 Å². The third kappa shape index (κ3) is 5.86. The normalized spacial score (nSPS) is 18.0. The lowest BCUT2D eigenvalue weighted by Crippen LogP contribution is -2.55. The molecule has 0 atom stereocenters. The molecule has 1 N–H and O–H groups in total. The molecule has 9 heteroatoms. The summed E-state index contributed by atoms with van der Waals surface area (Å²) in [5, 5.41) is 3.53. The number of aliphatic imine (C=N–C) groups is 1. The number of hydrogen-bond acceptors (Lipinski definition) is 4. The lowest BCUT2D eigenvalue weighted by molar-refractivity contribution is -0.127. The summed E-state index contributed by atoms with van der Waals surface area (Å²) in [6.07, 6.45) is 6.25. The number of likely N-dealkylation sites (N-methyl/N-ethyl adjacent to an activating group) is 1. The van der Waals surface area contributed by atoms with E-state index in [-0.39, 0.29) is 42.3 Å². The number of hydrogen-bond donors (Lipinski definition) is 1. The second kappa shape index (κ2) is 10.7. The highest BCUT2D eigenvalue weighted by atomic mass is 127. The van der Waals surface area contributed by atoms with Gasteiger partial charge in [-0.05, 0) is 25.0 Å². The van der Waals surface area contributed by atoms with Gasteiger partial charge in [0.2, 0.25) is 5.91 Å². The van der Waals surface area contributed by atoms with Gasteiger partial charge in [-0.1, -0.05) is 12.8 Å². The number of furan rings is 1. The molecule has 0 unspecified atom stereocenters. The average molecular weight is 503 g/mol. The number of halogens is 1. The Kier molecular flexibility index (Phi) is 8.58. The Labute approximate surface area is 183 Å². The highest BCUT2D eigenvalue weighted by molar-refractivity contribution is 14.0. The first kappa shape index (κ1) is 22.5. The summed E-state index contributed by atoms with van der Waals surface area (Å²) in [7, 11) is 3.47. The Balaban J connectivity index is 0.00000280. The average Bonchev–Trinajstić information content (AvgIpc) is 3.38. The fourth-order valence-corrected chi connectivity index (χ4v) is 3.45. The van der Waals surface area contributed by atoms with Gasteiger partial charge in [0.25, 0.3) is 5.91 Å². The Morgan fingerprint density at radius 3 is 2.39 bits per heavy atom. The molecule has 1 saturated carbocycles. The summed E-state index contributed by atoms with van der Waals surface area (Å²) in [6, 6.07) is 3.83. The van der Waals surface area contributed by atoms with E-state index < -0.39 is 0 Å². The second-order valence-electron chi connectivity index (χ2n) is 7.31. The third-order valence-electron chi connectivity index (χ3n) is 5.15. The monoisotopic (exact) mass is 503 g/mol. The quantitative estimate of drug-likeness (QED) is 0.384. The van der Waals surface area contributed by atoms with Crippen LogP contribution in [0.25, 0.3) is 0 Å². The zero-order valence-electron chi connectivity index (χ0n) is 16.6. The molecule has 8 nitrogen and oxygen atoms in total. The number of nitrogens with one attached hydrogen (secondary N) is 1. The van der Waals surface area contributed by atoms with Crippen LogP contribution in [0.1, 0.15) is 36.2 Å². The molecular weight excluding hydrogens is 473 g/mol. The fraction of sp³-hybridized carbons (Fsp3) is 0.632. The molecule has 1 aliphatic heterocycles. The first-order valence-corrected chi connectivity index (χ1v) is 9.63. The van der Waals surface area contributed by atoms with E-state index in [9.17, 15) is 9.59 Å². The number of nitrogens with zero attached hydrogens (tertiary/aromatic N) is 4. The van der Waals surface area contributed by atoms with Crippen LogP contribution in [-0.4, -0.2) is 85.3 Å². The van der Waals surface area contributed by atoms with Crippen molar-refractivity contribution in [3.8, 4) is 0 Å². The minimum atomic E-state index is -0.0790. The van der Waals surface area contributed by atoms with Gasteiger partial charge in [-0.2, -0.15) is 0 Å². The van der Waals surface area contributed by atoms with Crippen LogP contribution in [0.3, 0.4) is 0 Å². The van der Waals surface area contributed by atoms with E-state index in [1.807, 2.05) is 0 Å². The molecule has 2 fully saturated rings. The first-order chi connectivity index (χ1) is 13.0. The smallest absolute Gasteiger partial charge is 0.289 e. The number of guanidine groups is 1. The van der Waals surface area contributed by atoms with Crippen molar-refractivity contribution in [3.63, 3.8) is 0 Å². The van der Waals surface area contributed by atoms with Crippen LogP contribution < -0.4 is 5.32 Å². The van der Waals surface area contributed by atoms with Crippen molar-refractivity contribution in [2.24, 2.45) is 4.99 Å². The van der Waals surface area contributed by atoms with Gasteiger partial charge >= 0.3 is 0 Å². The maximum absolute atomic E-state index is 12.4. The molecule has 1 aromatic heterocycles. The van der Waals surface area contributed by atoms with E-state index in [1.54, 1.807) is 36.0 Å². The van der Waals surface area contributed by atoms with Crippen LogP contribution in [-0.2, 0) is 4.79 Å². The molecule has 28 heavy (non-hydrogen) atoms. The molecule has 156 valence electrons. The standard InChI is InChI=1S/C19H29N5O3.HI/c1-22(2)17(25)14-20-19(21-15-6-3-4-7-15)24-11-9-23(10-12-24)18(26)16-8-5-13-27-16;/h5,8,13,15H,3-4,6-7,9-12,14H2,1-2H3,(H,20,21);1H. The van der Waals surface area contributed by atoms with Gasteiger partial charge in [-0.15, -0.1) is 24.0 Å². The number of piperazine rings is 1. The molecule has 0 radical (unpaired) electrons. The molecule has 2 heterocycles. The largest absolute Gasteiger partial charge is 0.459 e. The molecule has 0 spiro atoms. The summed E-state index contributed by atoms with van der Waals surface area (Å²) in [4.78, 5) is 34.4. The highest BCUT2D eigenvalue weighted by Crippen LogP contribution is 2.18. The van der Waals surface area contributed by atoms with Gasteiger partial charge in [-0.3, -0.25) is 9.59 Å². The summed E-state index contributed by atoms with van der Waals surface area (Å²) in [5.41, 5.74) is 0. The summed E-state index contributed by atoms with van der Waals surface area (Å²) in [6.45, 7) is 2.70. The van der Waals surface area contributed by atoms with Gasteiger partial charge in [0, 0.05) is 46.3 Å². The first-order valence-electron chi connectivity index (χ1n) is 9.63. The van der Waals surface area contributed by atoms with Gasteiger partial charge in [-0.25, -0.2) is 4.99 Å². The van der Waals surface area contributed by atoms with E-state index >= 15 is 0 Å². The lowest BCUT2D eigenvalue weighted by Gasteiger charge is -2.37. The fourth-order valence-electron chi connectivity index (χ4n) is 3.45. The summed E-state index contributed by atoms with van der Waals surface area (Å²) in [5.74, 6) is 1.05. The van der Waals surface area contributed by atoms with Crippen molar-refractivity contribution >= 4 is 41.8 Å². The molecule has 1 aromatic rings. The lowest BCUT2D eigenvalue weighted by atomic mass is 10.2. The summed E-state index contributed by atoms with van der Waals surface area (Å²) < 4.78 is 5.22. The van der Waals surface area contributed by atoms with Gasteiger partial charge < -0.3 is 24.4 Å². The van der Waals surface area contributed by atoms with Gasteiger partial charge in [0.1, 0.15) is 6.54 Å². The van der Waals surface area contributed by atoms with E-state index in [2.05, 4.69) is 15.2 Å². The Morgan fingerprint density at radius 1 is 1.18 bits per heavy atom. The maximum Gasteiger partial charge on any atom is 0.289 e. The van der Waals surface area contributed by atoms with Crippen molar-refractivity contribution in [2.75, 3.05) is 46.8 Å². The van der Waals surface area contributed by atoms with Crippen LogP contribution in [0.5, 0.6) is 0 Å². The summed E-state index contributed by atoms with van der Waals surface area (Å²) >= 11 is 0. The maximum atomic E-state index is 12.4. The molecular formula is C19H30IN5O3. The van der Waals surface area contributed by atoms with Crippen molar-refractivity contribution in [1.29, 1.82) is 0 Å². The Morgan fingerprint density at radius 2 is 1.82 bits per heavy atom. The Hall–Kier alpha value is -1.78. The van der Waals surface area contributed by atoms with E-state index in [1.165, 1.54) is 19.1 Å². The molecule has 1 saturated heterocycles. The van der Waals surface area contributed by atoms with Crippen molar-refractivity contribution in [3.05, 3.63) is 24.2 Å². The van der Waals surface area contributed by atoms with E-state index in [0.29, 0.717) is 38.0 Å².